The van der Waals surface area contributed by atoms with E-state index in [1.54, 1.807) is 4.90 Å². The average Bonchev–Trinajstić information content (AvgIpc) is 2.71. The minimum Gasteiger partial charge on any atom is -0.483 e. The van der Waals surface area contributed by atoms with Gasteiger partial charge in [-0.15, -0.1) is 0 Å². The summed E-state index contributed by atoms with van der Waals surface area (Å²) in [7, 11) is 3.76. The van der Waals surface area contributed by atoms with E-state index >= 15 is 0 Å². The van der Waals surface area contributed by atoms with Crippen LogP contribution in [0.5, 0.6) is 0 Å². The van der Waals surface area contributed by atoms with E-state index < -0.39 is 5.41 Å². The van der Waals surface area contributed by atoms with E-state index in [9.17, 15) is 9.59 Å². The van der Waals surface area contributed by atoms with Gasteiger partial charge in [0.2, 0.25) is 11.8 Å². The Balaban J connectivity index is 0.00000114. The summed E-state index contributed by atoms with van der Waals surface area (Å²) >= 11 is 0. The number of carbonyl (C=O) groups is 3. The average molecular weight is 440 g/mol. The maximum atomic E-state index is 13.2. The van der Waals surface area contributed by atoms with Gasteiger partial charge in [0.15, 0.2) is 0 Å². The molecule has 1 aliphatic heterocycles. The first-order valence-electron chi connectivity index (χ1n) is 10.6. The second kappa shape index (κ2) is 11.4. The van der Waals surface area contributed by atoms with E-state index in [0.717, 1.165) is 11.1 Å². The highest BCUT2D eigenvalue weighted by Crippen LogP contribution is 2.35. The fourth-order valence-electron chi connectivity index (χ4n) is 3.84. The van der Waals surface area contributed by atoms with Gasteiger partial charge in [-0.05, 0) is 56.6 Å². The third kappa shape index (κ3) is 6.65. The van der Waals surface area contributed by atoms with Crippen molar-refractivity contribution in [3.63, 3.8) is 0 Å². The second-order valence-corrected chi connectivity index (χ2v) is 8.64. The van der Waals surface area contributed by atoms with E-state index in [2.05, 4.69) is 37.4 Å². The highest BCUT2D eigenvalue weighted by molar-refractivity contribution is 5.88. The third-order valence-electron chi connectivity index (χ3n) is 5.68. The molecular formula is C25H33N3O4. The summed E-state index contributed by atoms with van der Waals surface area (Å²) < 4.78 is 0. The molecule has 7 nitrogen and oxygen atoms in total. The molecule has 0 atom stereocenters. The van der Waals surface area contributed by atoms with Gasteiger partial charge >= 0.3 is 0 Å². The van der Waals surface area contributed by atoms with Crippen LogP contribution in [-0.2, 0) is 27.3 Å². The SMILES string of the molecule is Cc1ccc(CNC(=O)C2(Cc3ccccc3)CN(C(=O)CN(C)C)C2)cc1C.O=CO. The lowest BCUT2D eigenvalue weighted by Crippen LogP contribution is -2.66. The molecule has 32 heavy (non-hydrogen) atoms. The number of likely N-dealkylation sites (tertiary alicyclic amines) is 1. The van der Waals surface area contributed by atoms with Crippen LogP contribution in [0.2, 0.25) is 0 Å². The Morgan fingerprint density at radius 2 is 1.69 bits per heavy atom. The summed E-state index contributed by atoms with van der Waals surface area (Å²) in [5.74, 6) is 0.0918. The fraction of sp³-hybridized carbons (Fsp3) is 0.400. The van der Waals surface area contributed by atoms with Gasteiger partial charge in [0.05, 0.1) is 12.0 Å². The number of amides is 2. The molecule has 0 unspecified atom stereocenters. The highest BCUT2D eigenvalue weighted by atomic mass is 16.3. The van der Waals surface area contributed by atoms with Crippen molar-refractivity contribution in [3.8, 4) is 0 Å². The van der Waals surface area contributed by atoms with Crippen LogP contribution >= 0.6 is 0 Å². The first-order valence-corrected chi connectivity index (χ1v) is 10.6. The third-order valence-corrected chi connectivity index (χ3v) is 5.68. The highest BCUT2D eigenvalue weighted by Gasteiger charge is 2.50. The maximum absolute atomic E-state index is 13.2. The fourth-order valence-corrected chi connectivity index (χ4v) is 3.84. The number of benzene rings is 2. The van der Waals surface area contributed by atoms with Crippen LogP contribution in [0.1, 0.15) is 22.3 Å². The Bertz CT molecular complexity index is 922. The molecule has 1 heterocycles. The maximum Gasteiger partial charge on any atom is 0.290 e. The van der Waals surface area contributed by atoms with Crippen molar-refractivity contribution in [2.75, 3.05) is 33.7 Å². The molecule has 1 fully saturated rings. The smallest absolute Gasteiger partial charge is 0.290 e. The molecule has 2 N–H and O–H groups in total. The molecule has 0 saturated carbocycles. The van der Waals surface area contributed by atoms with Crippen LogP contribution in [0.3, 0.4) is 0 Å². The summed E-state index contributed by atoms with van der Waals surface area (Å²) in [5, 5.41) is 10.0. The summed E-state index contributed by atoms with van der Waals surface area (Å²) in [5.41, 5.74) is 4.11. The monoisotopic (exact) mass is 439 g/mol. The first-order chi connectivity index (χ1) is 15.2. The van der Waals surface area contributed by atoms with Crippen molar-refractivity contribution in [2.45, 2.75) is 26.8 Å². The van der Waals surface area contributed by atoms with Gasteiger partial charge < -0.3 is 20.2 Å². The quantitative estimate of drug-likeness (QED) is 0.646. The van der Waals surface area contributed by atoms with Gasteiger partial charge in [0.1, 0.15) is 0 Å². The van der Waals surface area contributed by atoms with Crippen LogP contribution < -0.4 is 5.32 Å². The molecule has 0 spiro atoms. The molecule has 0 aliphatic carbocycles. The molecule has 3 rings (SSSR count). The van der Waals surface area contributed by atoms with Gasteiger partial charge in [0.25, 0.3) is 6.47 Å². The Labute approximate surface area is 190 Å². The van der Waals surface area contributed by atoms with E-state index in [1.165, 1.54) is 11.1 Å². The van der Waals surface area contributed by atoms with Gasteiger partial charge in [0, 0.05) is 19.6 Å². The lowest BCUT2D eigenvalue weighted by atomic mass is 9.73. The zero-order valence-corrected chi connectivity index (χ0v) is 19.3. The number of nitrogens with zero attached hydrogens (tertiary/aromatic N) is 2. The number of likely N-dealkylation sites (N-methyl/N-ethyl adjacent to an activating group) is 1. The molecule has 2 aromatic carbocycles. The molecule has 2 aromatic rings. The van der Waals surface area contributed by atoms with Crippen molar-refractivity contribution in [3.05, 3.63) is 70.8 Å². The van der Waals surface area contributed by atoms with E-state index in [1.807, 2.05) is 49.3 Å². The van der Waals surface area contributed by atoms with E-state index in [-0.39, 0.29) is 18.3 Å². The molecule has 1 saturated heterocycles. The number of aryl methyl sites for hydroxylation is 2. The van der Waals surface area contributed by atoms with Crippen molar-refractivity contribution in [2.24, 2.45) is 5.41 Å². The van der Waals surface area contributed by atoms with Crippen LogP contribution in [0.25, 0.3) is 0 Å². The predicted molar refractivity (Wildman–Crippen MR) is 124 cm³/mol. The Kier molecular flexibility index (Phi) is 8.96. The predicted octanol–water partition coefficient (Wildman–Crippen LogP) is 2.25. The Morgan fingerprint density at radius 1 is 1.06 bits per heavy atom. The van der Waals surface area contributed by atoms with Gasteiger partial charge in [-0.25, -0.2) is 0 Å². The van der Waals surface area contributed by atoms with Crippen LogP contribution in [0.4, 0.5) is 0 Å². The minimum atomic E-state index is -0.566. The van der Waals surface area contributed by atoms with Gasteiger partial charge in [-0.2, -0.15) is 0 Å². The standard InChI is InChI=1S/C24H31N3O2.CH2O2/c1-18-10-11-21(12-19(18)2)14-25-23(29)24(13-20-8-6-5-7-9-20)16-27(17-24)22(28)15-26(3)4;2-1-3/h5-12H,13-17H2,1-4H3,(H,25,29);1H,(H,2,3). The van der Waals surface area contributed by atoms with E-state index in [0.29, 0.717) is 32.6 Å². The second-order valence-electron chi connectivity index (χ2n) is 8.64. The van der Waals surface area contributed by atoms with E-state index in [4.69, 9.17) is 9.90 Å². The summed E-state index contributed by atoms with van der Waals surface area (Å²) in [6, 6.07) is 16.3. The Hall–Kier alpha value is -3.19. The minimum absolute atomic E-state index is 0.0217. The lowest BCUT2D eigenvalue weighted by molar-refractivity contribution is -0.154. The van der Waals surface area contributed by atoms with Gasteiger partial charge in [-0.3, -0.25) is 14.4 Å². The number of hydrogen-bond acceptors (Lipinski definition) is 4. The van der Waals surface area contributed by atoms with Crippen molar-refractivity contribution in [1.82, 2.24) is 15.1 Å². The molecule has 7 heteroatoms. The Morgan fingerprint density at radius 3 is 2.25 bits per heavy atom. The van der Waals surface area contributed by atoms with Crippen LogP contribution in [-0.4, -0.2) is 66.9 Å². The molecule has 2 amide bonds. The number of carboxylic acid groups (broad SMARTS) is 1. The topological polar surface area (TPSA) is 90.0 Å². The summed E-state index contributed by atoms with van der Waals surface area (Å²) in [6.45, 7) is 5.71. The largest absolute Gasteiger partial charge is 0.483 e. The lowest BCUT2D eigenvalue weighted by Gasteiger charge is -2.49. The molecule has 0 aromatic heterocycles. The number of hydrogen-bond donors (Lipinski definition) is 2. The van der Waals surface area contributed by atoms with Gasteiger partial charge in [-0.1, -0.05) is 48.5 Å². The van der Waals surface area contributed by atoms with Crippen LogP contribution in [0, 0.1) is 19.3 Å². The number of rotatable bonds is 7. The molecule has 1 aliphatic rings. The van der Waals surface area contributed by atoms with Crippen molar-refractivity contribution >= 4 is 18.3 Å². The molecule has 0 radical (unpaired) electrons. The molecule has 172 valence electrons. The summed E-state index contributed by atoms with van der Waals surface area (Å²) in [4.78, 5) is 37.6. The molecular weight excluding hydrogens is 406 g/mol. The number of carbonyl (C=O) groups excluding carboxylic acids is 2. The molecule has 0 bridgehead atoms. The van der Waals surface area contributed by atoms with Crippen molar-refractivity contribution in [1.29, 1.82) is 0 Å². The first kappa shape index (κ1) is 25.1. The number of nitrogens with one attached hydrogen (secondary N) is 1. The zero-order chi connectivity index (χ0) is 23.7. The van der Waals surface area contributed by atoms with Crippen molar-refractivity contribution < 1.29 is 19.5 Å². The summed E-state index contributed by atoms with van der Waals surface area (Å²) in [6.07, 6.45) is 0.637. The zero-order valence-electron chi connectivity index (χ0n) is 19.3. The normalized spacial score (nSPS) is 14.1. The van der Waals surface area contributed by atoms with Crippen LogP contribution in [0.15, 0.2) is 48.5 Å².